The zero-order valence-electron chi connectivity index (χ0n) is 13.2. The van der Waals surface area contributed by atoms with Crippen LogP contribution in [0.2, 0.25) is 0 Å². The monoisotopic (exact) mass is 308 g/mol. The van der Waals surface area contributed by atoms with Crippen molar-refractivity contribution in [2.24, 2.45) is 0 Å². The summed E-state index contributed by atoms with van der Waals surface area (Å²) < 4.78 is 5.95. The lowest BCUT2D eigenvalue weighted by atomic mass is 9.84. The summed E-state index contributed by atoms with van der Waals surface area (Å²) in [5.74, 6) is 0. The summed E-state index contributed by atoms with van der Waals surface area (Å²) >= 11 is 0. The lowest BCUT2D eigenvalue weighted by Crippen LogP contribution is -2.38. The average molecular weight is 309 g/mol. The molecule has 0 amide bonds. The lowest BCUT2D eigenvalue weighted by Gasteiger charge is -2.35. The number of ether oxygens (including phenoxy) is 1. The predicted molar refractivity (Wildman–Crippen MR) is 87.8 cm³/mol. The van der Waals surface area contributed by atoms with E-state index in [0.717, 1.165) is 38.0 Å². The molecule has 1 unspecified atom stereocenters. The van der Waals surface area contributed by atoms with Gasteiger partial charge in [-0.15, -0.1) is 12.4 Å². The fourth-order valence-electron chi connectivity index (χ4n) is 2.91. The average Bonchev–Trinajstić information content (AvgIpc) is 2.48. The first-order valence-electron chi connectivity index (χ1n) is 7.52. The van der Waals surface area contributed by atoms with Crippen molar-refractivity contribution in [3.8, 4) is 6.07 Å². The number of aryl methyl sites for hydroxylation is 1. The highest BCUT2D eigenvalue weighted by molar-refractivity contribution is 5.85. The molecule has 0 radical (unpaired) electrons. The SMILES string of the molecule is CCN(CC)CCC1(C#N)OCCc2ccc(C)cc21.Cl. The molecular formula is C17H25ClN2O. The number of fused-ring (bicyclic) bond motifs is 1. The number of benzene rings is 1. The number of hydrogen-bond acceptors (Lipinski definition) is 3. The topological polar surface area (TPSA) is 36.3 Å². The molecule has 116 valence electrons. The highest BCUT2D eigenvalue weighted by Gasteiger charge is 2.38. The highest BCUT2D eigenvalue weighted by Crippen LogP contribution is 2.36. The Bertz CT molecular complexity index is 508. The van der Waals surface area contributed by atoms with E-state index in [9.17, 15) is 5.26 Å². The number of halogens is 1. The van der Waals surface area contributed by atoms with Gasteiger partial charge < -0.3 is 9.64 Å². The van der Waals surface area contributed by atoms with E-state index in [-0.39, 0.29) is 12.4 Å². The Kier molecular flexibility index (Phi) is 6.67. The van der Waals surface area contributed by atoms with Gasteiger partial charge in [-0.25, -0.2) is 0 Å². The van der Waals surface area contributed by atoms with E-state index in [2.05, 4.69) is 49.9 Å². The second-order valence-corrected chi connectivity index (χ2v) is 5.47. The minimum atomic E-state index is -0.762. The molecule has 21 heavy (non-hydrogen) atoms. The fraction of sp³-hybridized carbons (Fsp3) is 0.588. The van der Waals surface area contributed by atoms with E-state index in [0.29, 0.717) is 6.61 Å². The van der Waals surface area contributed by atoms with Gasteiger partial charge in [0.25, 0.3) is 0 Å². The Labute approximate surface area is 134 Å². The Morgan fingerprint density at radius 1 is 1.33 bits per heavy atom. The van der Waals surface area contributed by atoms with Crippen LogP contribution in [-0.2, 0) is 16.8 Å². The third-order valence-electron chi connectivity index (χ3n) is 4.28. The van der Waals surface area contributed by atoms with Crippen LogP contribution in [0.1, 0.15) is 37.0 Å². The van der Waals surface area contributed by atoms with Crippen molar-refractivity contribution in [1.82, 2.24) is 4.90 Å². The summed E-state index contributed by atoms with van der Waals surface area (Å²) in [5, 5.41) is 9.74. The van der Waals surface area contributed by atoms with Gasteiger partial charge in [-0.1, -0.05) is 37.6 Å². The predicted octanol–water partition coefficient (Wildman–Crippen LogP) is 3.44. The summed E-state index contributed by atoms with van der Waals surface area (Å²) in [6, 6.07) is 8.85. The molecule has 0 saturated carbocycles. The van der Waals surface area contributed by atoms with E-state index >= 15 is 0 Å². The first-order chi connectivity index (χ1) is 9.65. The largest absolute Gasteiger partial charge is 0.355 e. The molecule has 0 aliphatic carbocycles. The molecule has 4 heteroatoms. The van der Waals surface area contributed by atoms with Crippen molar-refractivity contribution in [2.75, 3.05) is 26.2 Å². The van der Waals surface area contributed by atoms with Crippen LogP contribution < -0.4 is 0 Å². The maximum absolute atomic E-state index is 9.74. The van der Waals surface area contributed by atoms with Crippen LogP contribution in [0.4, 0.5) is 0 Å². The zero-order valence-corrected chi connectivity index (χ0v) is 14.0. The van der Waals surface area contributed by atoms with Gasteiger partial charge in [-0.3, -0.25) is 0 Å². The van der Waals surface area contributed by atoms with E-state index in [4.69, 9.17) is 4.74 Å². The standard InChI is InChI=1S/C17H24N2O.ClH/c1-4-19(5-2)10-9-17(13-18)16-12-14(3)6-7-15(16)8-11-20-17;/h6-7,12H,4-5,8-11H2,1-3H3;1H. The highest BCUT2D eigenvalue weighted by atomic mass is 35.5. The van der Waals surface area contributed by atoms with E-state index in [1.807, 2.05) is 0 Å². The Morgan fingerprint density at radius 2 is 2.05 bits per heavy atom. The molecule has 0 spiro atoms. The van der Waals surface area contributed by atoms with Gasteiger partial charge in [0, 0.05) is 18.5 Å². The van der Waals surface area contributed by atoms with Gasteiger partial charge in [0.2, 0.25) is 0 Å². The third kappa shape index (κ3) is 3.77. The summed E-state index contributed by atoms with van der Waals surface area (Å²) in [5.41, 5.74) is 2.78. The molecule has 0 bridgehead atoms. The zero-order chi connectivity index (χ0) is 14.6. The number of nitrogens with zero attached hydrogens (tertiary/aromatic N) is 2. The van der Waals surface area contributed by atoms with Crippen LogP contribution in [-0.4, -0.2) is 31.1 Å². The Balaban J connectivity index is 0.00000220. The van der Waals surface area contributed by atoms with Crippen LogP contribution in [0, 0.1) is 18.3 Å². The molecule has 1 aromatic carbocycles. The van der Waals surface area contributed by atoms with Gasteiger partial charge in [0.05, 0.1) is 6.61 Å². The van der Waals surface area contributed by atoms with Gasteiger partial charge in [0.1, 0.15) is 6.07 Å². The molecule has 1 heterocycles. The van der Waals surface area contributed by atoms with Crippen LogP contribution in [0.25, 0.3) is 0 Å². The molecule has 0 N–H and O–H groups in total. The molecule has 1 atom stereocenters. The van der Waals surface area contributed by atoms with Crippen LogP contribution in [0.5, 0.6) is 0 Å². The first kappa shape index (κ1) is 18.0. The third-order valence-corrected chi connectivity index (χ3v) is 4.28. The van der Waals surface area contributed by atoms with Gasteiger partial charge in [0.15, 0.2) is 5.60 Å². The molecule has 1 aromatic rings. The maximum atomic E-state index is 9.74. The van der Waals surface area contributed by atoms with Crippen molar-refractivity contribution < 1.29 is 4.74 Å². The number of nitriles is 1. The number of hydrogen-bond donors (Lipinski definition) is 0. The molecular weight excluding hydrogens is 284 g/mol. The second-order valence-electron chi connectivity index (χ2n) is 5.47. The molecule has 1 aliphatic rings. The maximum Gasteiger partial charge on any atom is 0.181 e. The fourth-order valence-corrected chi connectivity index (χ4v) is 2.91. The van der Waals surface area contributed by atoms with Crippen LogP contribution in [0.15, 0.2) is 18.2 Å². The van der Waals surface area contributed by atoms with Crippen molar-refractivity contribution >= 4 is 12.4 Å². The molecule has 0 aromatic heterocycles. The second kappa shape index (κ2) is 7.79. The summed E-state index contributed by atoms with van der Waals surface area (Å²) in [4.78, 5) is 2.34. The van der Waals surface area contributed by atoms with Crippen molar-refractivity contribution in [1.29, 1.82) is 5.26 Å². The van der Waals surface area contributed by atoms with Crippen LogP contribution in [0.3, 0.4) is 0 Å². The lowest BCUT2D eigenvalue weighted by molar-refractivity contribution is -0.0276. The minimum absolute atomic E-state index is 0. The van der Waals surface area contributed by atoms with Crippen LogP contribution >= 0.6 is 12.4 Å². The van der Waals surface area contributed by atoms with Crippen molar-refractivity contribution in [3.05, 3.63) is 34.9 Å². The summed E-state index contributed by atoms with van der Waals surface area (Å²) in [6.07, 6.45) is 1.64. The van der Waals surface area contributed by atoms with Gasteiger partial charge in [-0.2, -0.15) is 5.26 Å². The van der Waals surface area contributed by atoms with Crippen molar-refractivity contribution in [3.63, 3.8) is 0 Å². The van der Waals surface area contributed by atoms with E-state index < -0.39 is 5.60 Å². The molecule has 1 aliphatic heterocycles. The molecule has 0 fully saturated rings. The van der Waals surface area contributed by atoms with E-state index in [1.165, 1.54) is 11.1 Å². The summed E-state index contributed by atoms with van der Waals surface area (Å²) in [6.45, 7) is 9.94. The normalized spacial score (nSPS) is 20.5. The number of rotatable bonds is 5. The van der Waals surface area contributed by atoms with E-state index in [1.54, 1.807) is 0 Å². The van der Waals surface area contributed by atoms with Gasteiger partial charge >= 0.3 is 0 Å². The molecule has 2 rings (SSSR count). The Morgan fingerprint density at radius 3 is 2.67 bits per heavy atom. The summed E-state index contributed by atoms with van der Waals surface area (Å²) in [7, 11) is 0. The van der Waals surface area contributed by atoms with Crippen molar-refractivity contribution in [2.45, 2.75) is 39.2 Å². The quantitative estimate of drug-likeness (QED) is 0.836. The minimum Gasteiger partial charge on any atom is -0.355 e. The Hall–Kier alpha value is -1.08. The molecule has 0 saturated heterocycles. The smallest absolute Gasteiger partial charge is 0.181 e. The van der Waals surface area contributed by atoms with Gasteiger partial charge in [-0.05, 0) is 32.0 Å². The molecule has 3 nitrogen and oxygen atoms in total. The first-order valence-corrected chi connectivity index (χ1v) is 7.52.